The van der Waals surface area contributed by atoms with Crippen LogP contribution in [0, 0.1) is 3.57 Å². The van der Waals surface area contributed by atoms with Crippen molar-refractivity contribution in [1.82, 2.24) is 14.9 Å². The molecule has 33 heavy (non-hydrogen) atoms. The molecular formula is C21H27IN4O7. The predicted octanol–water partition coefficient (Wildman–Crippen LogP) is 0.637. The minimum atomic E-state index is -1.32. The van der Waals surface area contributed by atoms with E-state index in [1.54, 1.807) is 0 Å². The largest absolute Gasteiger partial charge is 0.441 e. The molecule has 0 bridgehead atoms. The molecule has 5 atom stereocenters. The summed E-state index contributed by atoms with van der Waals surface area (Å²) in [6, 6.07) is 7.63. The van der Waals surface area contributed by atoms with Gasteiger partial charge in [0.05, 0.1) is 6.10 Å². The molecule has 11 nitrogen and oxygen atoms in total. The zero-order chi connectivity index (χ0) is 24.7. The molecule has 0 radical (unpaired) electrons. The predicted molar refractivity (Wildman–Crippen MR) is 128 cm³/mol. The van der Waals surface area contributed by atoms with Gasteiger partial charge < -0.3 is 25.6 Å². The van der Waals surface area contributed by atoms with E-state index in [2.05, 4.69) is 32.9 Å². The number of hydrogen-bond donors (Lipinski definition) is 4. The lowest BCUT2D eigenvalue weighted by atomic mass is 9.98. The fraction of sp³-hybridized carbons (Fsp3) is 0.429. The molecule has 1 heterocycles. The van der Waals surface area contributed by atoms with Gasteiger partial charge >= 0.3 is 11.8 Å². The minimum Gasteiger partial charge on any atom is -0.441 e. The van der Waals surface area contributed by atoms with Crippen LogP contribution in [0.2, 0.25) is 0 Å². The van der Waals surface area contributed by atoms with Gasteiger partial charge in [0.1, 0.15) is 18.4 Å². The second-order valence-electron chi connectivity index (χ2n) is 7.46. The number of rotatable bonds is 11. The van der Waals surface area contributed by atoms with E-state index in [0.717, 1.165) is 19.8 Å². The number of aliphatic hydroxyl groups is 1. The van der Waals surface area contributed by atoms with Crippen LogP contribution >= 0.6 is 22.6 Å². The molecule has 2 rings (SSSR count). The first-order valence-electron chi connectivity index (χ1n) is 10.1. The number of ether oxygens (including phenoxy) is 2. The van der Waals surface area contributed by atoms with Gasteiger partial charge in [-0.3, -0.25) is 19.1 Å². The van der Waals surface area contributed by atoms with Crippen molar-refractivity contribution >= 4 is 34.5 Å². The normalized spacial score (nSPS) is 15.8. The van der Waals surface area contributed by atoms with Gasteiger partial charge in [-0.25, -0.2) is 9.59 Å². The van der Waals surface area contributed by atoms with E-state index >= 15 is 0 Å². The second-order valence-corrected chi connectivity index (χ2v) is 8.70. The van der Waals surface area contributed by atoms with E-state index < -0.39 is 47.9 Å². The summed E-state index contributed by atoms with van der Waals surface area (Å²) in [6.45, 7) is 4.46. The van der Waals surface area contributed by atoms with Crippen molar-refractivity contribution in [1.29, 1.82) is 0 Å². The molecule has 0 aliphatic heterocycles. The maximum atomic E-state index is 12.5. The zero-order valence-corrected chi connectivity index (χ0v) is 20.5. The first-order valence-corrected chi connectivity index (χ1v) is 11.2. The Balaban J connectivity index is 2.32. The summed E-state index contributed by atoms with van der Waals surface area (Å²) in [5, 5.41) is 13.4. The van der Waals surface area contributed by atoms with Crippen LogP contribution in [0.1, 0.15) is 32.6 Å². The van der Waals surface area contributed by atoms with E-state index in [0.29, 0.717) is 0 Å². The summed E-state index contributed by atoms with van der Waals surface area (Å²) < 4.78 is 13.2. The number of nitrogens with zero attached hydrogens (tertiary/aromatic N) is 1. The SMILES string of the molecule is CC(=O)C(NCc1ccc(I)cc1)[C@H](OC(N)=O)[C@@H](O[C@H](C)n1ccc(=O)[nH]c1=O)C(C)O. The fourth-order valence-corrected chi connectivity index (χ4v) is 3.61. The molecular weight excluding hydrogens is 547 g/mol. The summed E-state index contributed by atoms with van der Waals surface area (Å²) in [5.41, 5.74) is 4.81. The topological polar surface area (TPSA) is 166 Å². The van der Waals surface area contributed by atoms with Crippen molar-refractivity contribution in [3.8, 4) is 0 Å². The van der Waals surface area contributed by atoms with Gasteiger partial charge in [-0.2, -0.15) is 0 Å². The number of primary amides is 1. The van der Waals surface area contributed by atoms with Crippen molar-refractivity contribution in [2.75, 3.05) is 0 Å². The molecule has 1 aromatic carbocycles. The highest BCUT2D eigenvalue weighted by atomic mass is 127. The Hall–Kier alpha value is -2.55. The average molecular weight is 574 g/mol. The Bertz CT molecular complexity index is 1070. The molecule has 2 unspecified atom stereocenters. The highest BCUT2D eigenvalue weighted by Crippen LogP contribution is 2.20. The third-order valence-electron chi connectivity index (χ3n) is 4.85. The molecule has 5 N–H and O–H groups in total. The van der Waals surface area contributed by atoms with Crippen molar-refractivity contribution in [3.05, 3.63) is 66.5 Å². The highest BCUT2D eigenvalue weighted by molar-refractivity contribution is 14.1. The lowest BCUT2D eigenvalue weighted by Crippen LogP contribution is -2.56. The molecule has 0 spiro atoms. The lowest BCUT2D eigenvalue weighted by molar-refractivity contribution is -0.154. The third kappa shape index (κ3) is 7.77. The number of carbonyl (C=O) groups excluding carboxylic acids is 2. The molecule has 0 aliphatic carbocycles. The van der Waals surface area contributed by atoms with Crippen LogP contribution < -0.4 is 22.3 Å². The number of H-pyrrole nitrogens is 1. The number of halogens is 1. The van der Waals surface area contributed by atoms with Crippen LogP contribution in [0.15, 0.2) is 46.1 Å². The van der Waals surface area contributed by atoms with Gasteiger partial charge in [0.2, 0.25) is 0 Å². The number of amides is 1. The third-order valence-corrected chi connectivity index (χ3v) is 5.57. The van der Waals surface area contributed by atoms with E-state index in [4.69, 9.17) is 15.2 Å². The summed E-state index contributed by atoms with van der Waals surface area (Å²) in [6.07, 6.45) is -4.71. The number of benzene rings is 1. The number of hydrogen-bond acceptors (Lipinski definition) is 8. The van der Waals surface area contributed by atoms with Crippen LogP contribution in [0.4, 0.5) is 4.79 Å². The summed E-state index contributed by atoms with van der Waals surface area (Å²) in [4.78, 5) is 49.7. The first kappa shape index (κ1) is 26.7. The molecule has 0 saturated heterocycles. The Labute approximate surface area is 203 Å². The zero-order valence-electron chi connectivity index (χ0n) is 18.4. The van der Waals surface area contributed by atoms with Gasteiger partial charge in [0, 0.05) is 22.4 Å². The Kier molecular flexibility index (Phi) is 9.76. The molecule has 0 fully saturated rings. The summed E-state index contributed by atoms with van der Waals surface area (Å²) >= 11 is 2.17. The van der Waals surface area contributed by atoms with E-state index in [9.17, 15) is 24.3 Å². The number of Topliss-reactive ketones (excluding diaryl/α,β-unsaturated/α-hetero) is 1. The molecule has 0 aliphatic rings. The molecule has 1 aromatic heterocycles. The Morgan fingerprint density at radius 3 is 2.33 bits per heavy atom. The number of ketones is 1. The molecule has 180 valence electrons. The first-order chi connectivity index (χ1) is 15.5. The minimum absolute atomic E-state index is 0.265. The monoisotopic (exact) mass is 574 g/mol. The van der Waals surface area contributed by atoms with Crippen molar-refractivity contribution in [2.24, 2.45) is 5.73 Å². The summed E-state index contributed by atoms with van der Waals surface area (Å²) in [7, 11) is 0. The molecule has 2 aromatic rings. The van der Waals surface area contributed by atoms with Crippen molar-refractivity contribution in [2.45, 2.75) is 57.9 Å². The maximum Gasteiger partial charge on any atom is 0.404 e. The van der Waals surface area contributed by atoms with E-state index in [1.165, 1.54) is 27.0 Å². The van der Waals surface area contributed by atoms with Gasteiger partial charge in [-0.15, -0.1) is 0 Å². The van der Waals surface area contributed by atoms with E-state index in [-0.39, 0.29) is 12.3 Å². The Morgan fingerprint density at radius 2 is 1.82 bits per heavy atom. The number of nitrogens with two attached hydrogens (primary N) is 1. The Morgan fingerprint density at radius 1 is 1.18 bits per heavy atom. The summed E-state index contributed by atoms with van der Waals surface area (Å²) in [5.74, 6) is -0.380. The van der Waals surface area contributed by atoms with Crippen molar-refractivity contribution in [3.63, 3.8) is 0 Å². The van der Waals surface area contributed by atoms with Crippen LogP contribution in [-0.2, 0) is 20.8 Å². The van der Waals surface area contributed by atoms with Crippen LogP contribution in [0.3, 0.4) is 0 Å². The highest BCUT2D eigenvalue weighted by Gasteiger charge is 2.39. The van der Waals surface area contributed by atoms with Crippen LogP contribution in [0.25, 0.3) is 0 Å². The fourth-order valence-electron chi connectivity index (χ4n) is 3.25. The van der Waals surface area contributed by atoms with Crippen molar-refractivity contribution < 1.29 is 24.2 Å². The number of aliphatic hydroxyl groups excluding tert-OH is 1. The maximum absolute atomic E-state index is 12.5. The van der Waals surface area contributed by atoms with Gasteiger partial charge in [-0.05, 0) is 61.1 Å². The van der Waals surface area contributed by atoms with Gasteiger partial charge in [0.25, 0.3) is 5.56 Å². The molecule has 0 saturated carbocycles. The van der Waals surface area contributed by atoms with Gasteiger partial charge in [-0.1, -0.05) is 12.1 Å². The lowest BCUT2D eigenvalue weighted by Gasteiger charge is -2.35. The van der Waals surface area contributed by atoms with E-state index in [1.807, 2.05) is 24.3 Å². The van der Waals surface area contributed by atoms with Crippen LogP contribution in [0.5, 0.6) is 0 Å². The smallest absolute Gasteiger partial charge is 0.404 e. The van der Waals surface area contributed by atoms with Gasteiger partial charge in [0.15, 0.2) is 11.9 Å². The van der Waals surface area contributed by atoms with Crippen LogP contribution in [-0.4, -0.2) is 50.9 Å². The number of aromatic amines is 1. The molecule has 1 amide bonds. The number of nitrogens with one attached hydrogen (secondary N) is 2. The average Bonchev–Trinajstić information content (AvgIpc) is 2.71. The number of aromatic nitrogens is 2. The molecule has 12 heteroatoms. The second kappa shape index (κ2) is 12.1. The standard InChI is InChI=1S/C21H27IN4O7/c1-11(27)17(24-10-14-4-6-15(22)7-5-14)19(33-20(23)30)18(12(2)28)32-13(3)26-9-8-16(29)25-21(26)31/h4-9,12-13,17-19,24,28H,10H2,1-3H3,(H2,23,30)(H,25,29,31)/t12?,13-,17?,18+,19+/m1/s1. The quantitative estimate of drug-likeness (QED) is 0.284. The number of carbonyl (C=O) groups is 2.